The van der Waals surface area contributed by atoms with Crippen molar-refractivity contribution in [2.45, 2.75) is 85.6 Å². The third-order valence-corrected chi connectivity index (χ3v) is 8.92. The highest BCUT2D eigenvalue weighted by Gasteiger charge is 2.35. The second-order valence-corrected chi connectivity index (χ2v) is 15.6. The second-order valence-electron chi connectivity index (χ2n) is 12.6. The lowest BCUT2D eigenvalue weighted by Crippen LogP contribution is -2.42. The number of ether oxygens (including phenoxy) is 2. The van der Waals surface area contributed by atoms with Gasteiger partial charge in [0.1, 0.15) is 21.2 Å². The summed E-state index contributed by atoms with van der Waals surface area (Å²) in [7, 11) is 0. The van der Waals surface area contributed by atoms with Crippen LogP contribution in [0.25, 0.3) is 20.8 Å². The lowest BCUT2D eigenvalue weighted by atomic mass is 10.0. The van der Waals surface area contributed by atoms with E-state index in [0.717, 1.165) is 35.7 Å². The first kappa shape index (κ1) is 32.4. The van der Waals surface area contributed by atoms with Crippen molar-refractivity contribution in [2.75, 3.05) is 24.5 Å². The Morgan fingerprint density at radius 3 is 2.43 bits per heavy atom. The first-order chi connectivity index (χ1) is 19.5. The molecule has 0 saturated heterocycles. The van der Waals surface area contributed by atoms with Crippen molar-refractivity contribution in [2.24, 2.45) is 0 Å². The van der Waals surface area contributed by atoms with Crippen LogP contribution < -0.4 is 10.2 Å². The first-order valence-corrected chi connectivity index (χ1v) is 16.4. The van der Waals surface area contributed by atoms with E-state index in [9.17, 15) is 14.4 Å². The minimum Gasteiger partial charge on any atom is -0.444 e. The molecule has 0 bridgehead atoms. The number of carbonyl (C=O) groups is 3. The SMILES string of the molecule is CC(C)NCC(=O)CN(C(=O)OC(C)(C)C)c1sc2c(c1-c1nc3ccc(Br)cc3s1)CCN(C(=O)OC(C)(C)C)C2. The zero-order valence-corrected chi connectivity index (χ0v) is 28.6. The van der Waals surface area contributed by atoms with Crippen LogP contribution >= 0.6 is 38.6 Å². The average molecular weight is 680 g/mol. The number of anilines is 1. The molecule has 9 nitrogen and oxygen atoms in total. The highest BCUT2D eigenvalue weighted by Crippen LogP contribution is 2.48. The van der Waals surface area contributed by atoms with Gasteiger partial charge in [-0.25, -0.2) is 14.6 Å². The second kappa shape index (κ2) is 12.6. The van der Waals surface area contributed by atoms with Gasteiger partial charge in [0.2, 0.25) is 0 Å². The summed E-state index contributed by atoms with van der Waals surface area (Å²) in [5.41, 5.74) is 1.30. The van der Waals surface area contributed by atoms with E-state index in [1.54, 1.807) is 25.7 Å². The Morgan fingerprint density at radius 1 is 1.10 bits per heavy atom. The van der Waals surface area contributed by atoms with Crippen LogP contribution in [-0.4, -0.2) is 64.7 Å². The number of ketones is 1. The van der Waals surface area contributed by atoms with Crippen molar-refractivity contribution >= 4 is 71.8 Å². The minimum absolute atomic E-state index is 0.120. The Bertz CT molecular complexity index is 1490. The molecule has 0 atom stereocenters. The van der Waals surface area contributed by atoms with E-state index in [-0.39, 0.29) is 31.0 Å². The van der Waals surface area contributed by atoms with Gasteiger partial charge in [0.25, 0.3) is 0 Å². The lowest BCUT2D eigenvalue weighted by Gasteiger charge is -2.30. The molecule has 1 N–H and O–H groups in total. The Kier molecular flexibility index (Phi) is 9.71. The number of rotatable bonds is 7. The van der Waals surface area contributed by atoms with Crippen LogP contribution in [0.1, 0.15) is 65.8 Å². The molecule has 0 fully saturated rings. The van der Waals surface area contributed by atoms with Crippen LogP contribution in [0.2, 0.25) is 0 Å². The highest BCUT2D eigenvalue weighted by atomic mass is 79.9. The van der Waals surface area contributed by atoms with Crippen molar-refractivity contribution in [1.82, 2.24) is 15.2 Å². The summed E-state index contributed by atoms with van der Waals surface area (Å²) in [4.78, 5) is 48.8. The molecule has 2 amide bonds. The smallest absolute Gasteiger partial charge is 0.415 e. The zero-order chi connectivity index (χ0) is 31.0. The number of fused-ring (bicyclic) bond motifs is 2. The first-order valence-electron chi connectivity index (χ1n) is 14.0. The number of carbonyl (C=O) groups excluding carboxylic acids is 3. The predicted octanol–water partition coefficient (Wildman–Crippen LogP) is 7.39. The van der Waals surface area contributed by atoms with E-state index in [0.29, 0.717) is 24.5 Å². The highest BCUT2D eigenvalue weighted by molar-refractivity contribution is 9.10. The van der Waals surface area contributed by atoms with Gasteiger partial charge >= 0.3 is 12.2 Å². The monoisotopic (exact) mass is 678 g/mol. The van der Waals surface area contributed by atoms with Crippen molar-refractivity contribution < 1.29 is 23.9 Å². The summed E-state index contributed by atoms with van der Waals surface area (Å²) in [5, 5.41) is 4.49. The number of nitrogens with one attached hydrogen (secondary N) is 1. The summed E-state index contributed by atoms with van der Waals surface area (Å²) >= 11 is 6.48. The van der Waals surface area contributed by atoms with Crippen LogP contribution in [-0.2, 0) is 27.2 Å². The molecule has 1 aromatic carbocycles. The lowest BCUT2D eigenvalue weighted by molar-refractivity contribution is -0.117. The van der Waals surface area contributed by atoms with Crippen molar-refractivity contribution in [3.63, 3.8) is 0 Å². The standard InChI is InChI=1S/C30H39BrN4O5S2/c1-17(2)32-14-19(36)15-35(28(38)40-30(6,7)8)26-24(25-33-21-10-9-18(31)13-22(21)41-25)20-11-12-34(16-23(20)42-26)27(37)39-29(3,4)5/h9-10,13,17,32H,11-12,14-16H2,1-8H3. The number of nitrogens with zero attached hydrogens (tertiary/aromatic N) is 3. The Labute approximate surface area is 263 Å². The van der Waals surface area contributed by atoms with Gasteiger partial charge in [-0.1, -0.05) is 29.8 Å². The maximum Gasteiger partial charge on any atom is 0.415 e. The molecule has 4 rings (SSSR count). The third-order valence-electron chi connectivity index (χ3n) is 6.16. The van der Waals surface area contributed by atoms with Gasteiger partial charge in [-0.3, -0.25) is 9.69 Å². The van der Waals surface area contributed by atoms with Crippen molar-refractivity contribution in [3.8, 4) is 10.6 Å². The number of amides is 2. The number of hydrogen-bond donors (Lipinski definition) is 1. The molecule has 1 aliphatic heterocycles. The van der Waals surface area contributed by atoms with E-state index in [4.69, 9.17) is 14.5 Å². The van der Waals surface area contributed by atoms with E-state index in [1.165, 1.54) is 27.6 Å². The average Bonchev–Trinajstić information content (AvgIpc) is 3.43. The van der Waals surface area contributed by atoms with Crippen molar-refractivity contribution in [1.29, 1.82) is 0 Å². The van der Waals surface area contributed by atoms with Gasteiger partial charge in [0.05, 0.1) is 29.9 Å². The summed E-state index contributed by atoms with van der Waals surface area (Å²) in [6.45, 7) is 15.6. The molecule has 3 aromatic rings. The molecule has 228 valence electrons. The summed E-state index contributed by atoms with van der Waals surface area (Å²) in [6, 6.07) is 6.04. The molecule has 3 heterocycles. The number of thiazole rings is 1. The quantitative estimate of drug-likeness (QED) is 0.278. The number of hydrogen-bond acceptors (Lipinski definition) is 9. The molecule has 0 saturated carbocycles. The van der Waals surface area contributed by atoms with Gasteiger partial charge in [-0.05, 0) is 71.7 Å². The number of thiophene rings is 1. The Morgan fingerprint density at radius 2 is 1.79 bits per heavy atom. The Balaban J connectivity index is 1.82. The molecule has 2 aromatic heterocycles. The van der Waals surface area contributed by atoms with Gasteiger partial charge in [-0.2, -0.15) is 0 Å². The third kappa shape index (κ3) is 8.09. The molecule has 42 heavy (non-hydrogen) atoms. The number of aromatic nitrogens is 1. The number of halogens is 1. The normalized spacial score (nSPS) is 13.8. The van der Waals surface area contributed by atoms with E-state index >= 15 is 0 Å². The van der Waals surface area contributed by atoms with Crippen LogP contribution in [0, 0.1) is 0 Å². The fourth-order valence-corrected chi connectivity index (χ4v) is 7.38. The maximum atomic E-state index is 13.7. The summed E-state index contributed by atoms with van der Waals surface area (Å²) < 4.78 is 13.4. The molecule has 0 radical (unpaired) electrons. The fraction of sp³-hybridized carbons (Fsp3) is 0.533. The minimum atomic E-state index is -0.763. The fourth-order valence-electron chi connectivity index (χ4n) is 4.37. The van der Waals surface area contributed by atoms with Gasteiger partial charge in [0.15, 0.2) is 5.78 Å². The van der Waals surface area contributed by atoms with Gasteiger partial charge in [0, 0.05) is 27.5 Å². The molecule has 1 aliphatic rings. The molecular formula is C30H39BrN4O5S2. The van der Waals surface area contributed by atoms with E-state index < -0.39 is 17.3 Å². The van der Waals surface area contributed by atoms with Gasteiger partial charge in [-0.15, -0.1) is 22.7 Å². The van der Waals surface area contributed by atoms with Crippen LogP contribution in [0.3, 0.4) is 0 Å². The van der Waals surface area contributed by atoms with Crippen LogP contribution in [0.4, 0.5) is 14.6 Å². The largest absolute Gasteiger partial charge is 0.444 e. The Hall–Kier alpha value is -2.54. The maximum absolute atomic E-state index is 13.7. The predicted molar refractivity (Wildman–Crippen MR) is 173 cm³/mol. The molecule has 0 spiro atoms. The molecular weight excluding hydrogens is 640 g/mol. The van der Waals surface area contributed by atoms with Crippen LogP contribution in [0.15, 0.2) is 22.7 Å². The summed E-state index contributed by atoms with van der Waals surface area (Å²) in [5.74, 6) is -0.143. The van der Waals surface area contributed by atoms with Gasteiger partial charge < -0.3 is 19.7 Å². The van der Waals surface area contributed by atoms with Crippen molar-refractivity contribution in [3.05, 3.63) is 33.1 Å². The summed E-state index contributed by atoms with van der Waals surface area (Å²) in [6.07, 6.45) is -0.424. The molecule has 0 unspecified atom stereocenters. The van der Waals surface area contributed by atoms with Crippen LogP contribution in [0.5, 0.6) is 0 Å². The molecule has 12 heteroatoms. The number of benzene rings is 1. The van der Waals surface area contributed by atoms with E-state index in [2.05, 4.69) is 21.2 Å². The van der Waals surface area contributed by atoms with E-state index in [1.807, 2.05) is 52.8 Å². The molecule has 0 aliphatic carbocycles. The number of Topliss-reactive ketones (excluding diaryl/α,β-unsaturated/α-hetero) is 1. The topological polar surface area (TPSA) is 101 Å². The zero-order valence-electron chi connectivity index (χ0n) is 25.4.